The molecule has 0 aliphatic rings. The number of rotatable bonds is 18. The van der Waals surface area contributed by atoms with Crippen molar-refractivity contribution in [1.29, 1.82) is 0 Å². The summed E-state index contributed by atoms with van der Waals surface area (Å²) in [5.41, 5.74) is 0. The Morgan fingerprint density at radius 2 is 0.516 bits per heavy atom. The molecule has 0 radical (unpaired) electrons. The largest absolute Gasteiger partial charge is 1.00 e. The number of halogens is 1. The summed E-state index contributed by atoms with van der Waals surface area (Å²) in [6.45, 7) is 22.1. The van der Waals surface area contributed by atoms with Crippen molar-refractivity contribution in [2.24, 2.45) is 0 Å². The van der Waals surface area contributed by atoms with Gasteiger partial charge in [-0.1, -0.05) is 80.1 Å². The van der Waals surface area contributed by atoms with Gasteiger partial charge in [0.15, 0.2) is 0 Å². The molecule has 0 aromatic rings. The van der Waals surface area contributed by atoms with E-state index < -0.39 is 0 Å². The number of hydrogen-bond acceptors (Lipinski definition) is 1. The van der Waals surface area contributed by atoms with Gasteiger partial charge >= 0.3 is 0 Å². The van der Waals surface area contributed by atoms with Crippen molar-refractivity contribution in [3.63, 3.8) is 0 Å². The average Bonchev–Trinajstić information content (AvgIpc) is 2.78. The van der Waals surface area contributed by atoms with Gasteiger partial charge in [0.25, 0.3) is 0 Å². The fraction of sp³-hybridized carbons (Fsp3) is 1.00. The Balaban J connectivity index is -0.000000211. The van der Waals surface area contributed by atoms with E-state index in [1.165, 1.54) is 125 Å². The molecule has 31 heavy (non-hydrogen) atoms. The summed E-state index contributed by atoms with van der Waals surface area (Å²) in [5.74, 6) is 0. The molecular formula is C27H63ClN2O. The lowest BCUT2D eigenvalue weighted by Crippen LogP contribution is -3.00. The molecule has 0 amide bonds. The van der Waals surface area contributed by atoms with E-state index in [9.17, 15) is 0 Å². The van der Waals surface area contributed by atoms with Crippen molar-refractivity contribution >= 4 is 0 Å². The van der Waals surface area contributed by atoms with E-state index in [-0.39, 0.29) is 12.4 Å². The molecule has 0 heterocycles. The molecule has 0 N–H and O–H groups in total. The first-order valence-electron chi connectivity index (χ1n) is 13.4. The van der Waals surface area contributed by atoms with Gasteiger partial charge < -0.3 is 26.5 Å². The van der Waals surface area contributed by atoms with Crippen molar-refractivity contribution in [3.8, 4) is 0 Å². The molecule has 3 nitrogen and oxygen atoms in total. The second-order valence-corrected chi connectivity index (χ2v) is 9.70. The fourth-order valence-corrected chi connectivity index (χ4v) is 3.91. The number of quaternary nitrogens is 2. The predicted molar refractivity (Wildman–Crippen MR) is 137 cm³/mol. The van der Waals surface area contributed by atoms with Crippen molar-refractivity contribution in [2.75, 3.05) is 60.5 Å². The third-order valence-corrected chi connectivity index (χ3v) is 6.31. The van der Waals surface area contributed by atoms with Crippen LogP contribution >= 0.6 is 0 Å². The first-order chi connectivity index (χ1) is 14.4. The van der Waals surface area contributed by atoms with Gasteiger partial charge in [0, 0.05) is 0 Å². The molecule has 0 saturated carbocycles. The lowest BCUT2D eigenvalue weighted by Gasteiger charge is -2.34. The second kappa shape index (κ2) is 28.2. The minimum atomic E-state index is 0. The van der Waals surface area contributed by atoms with E-state index in [0.717, 1.165) is 7.11 Å². The Bertz CT molecular complexity index is 240. The zero-order chi connectivity index (χ0) is 23.7. The molecule has 0 atom stereocenters. The SMILES string of the molecule is CCCC[N+](C)(CCCC)CCCC.CCCC[N+](C)(CCCC)CCCC.C[O-].[Cl-]. The van der Waals surface area contributed by atoms with Crippen molar-refractivity contribution in [1.82, 2.24) is 0 Å². The van der Waals surface area contributed by atoms with Gasteiger partial charge in [-0.25, -0.2) is 0 Å². The highest BCUT2D eigenvalue weighted by atomic mass is 35.5. The summed E-state index contributed by atoms with van der Waals surface area (Å²) < 4.78 is 2.63. The maximum atomic E-state index is 8.25. The van der Waals surface area contributed by atoms with Crippen LogP contribution in [0.25, 0.3) is 0 Å². The van der Waals surface area contributed by atoms with Crippen molar-refractivity contribution < 1.29 is 26.5 Å². The summed E-state index contributed by atoms with van der Waals surface area (Å²) in [7, 11) is 5.64. The predicted octanol–water partition coefficient (Wildman–Crippen LogP) is 3.65. The van der Waals surface area contributed by atoms with Gasteiger partial charge in [-0.3, -0.25) is 0 Å². The van der Waals surface area contributed by atoms with Crippen LogP contribution in [0.15, 0.2) is 0 Å². The number of hydrogen-bond donors (Lipinski definition) is 0. The molecule has 0 aromatic carbocycles. The summed E-state index contributed by atoms with van der Waals surface area (Å²) in [6, 6.07) is 0. The van der Waals surface area contributed by atoms with Gasteiger partial charge in [-0.15, -0.1) is 0 Å². The molecule has 0 saturated heterocycles. The van der Waals surface area contributed by atoms with E-state index in [2.05, 4.69) is 55.6 Å². The monoisotopic (exact) mass is 466 g/mol. The Kier molecular flexibility index (Phi) is 35.0. The first-order valence-corrected chi connectivity index (χ1v) is 13.4. The lowest BCUT2D eigenvalue weighted by molar-refractivity contribution is -0.910. The van der Waals surface area contributed by atoms with Gasteiger partial charge in [-0.2, -0.15) is 7.11 Å². The summed E-state index contributed by atoms with van der Waals surface area (Å²) >= 11 is 0. The van der Waals surface area contributed by atoms with Crippen molar-refractivity contribution in [2.45, 2.75) is 119 Å². The van der Waals surface area contributed by atoms with Gasteiger partial charge in [-0.05, 0) is 38.5 Å². The normalized spacial score (nSPS) is 11.0. The van der Waals surface area contributed by atoms with Crippen LogP contribution < -0.4 is 17.5 Å². The van der Waals surface area contributed by atoms with Crippen LogP contribution in [0.1, 0.15) is 119 Å². The molecule has 0 spiro atoms. The van der Waals surface area contributed by atoms with Crippen LogP contribution in [-0.4, -0.2) is 69.4 Å². The molecule has 4 heteroatoms. The molecule has 0 aliphatic heterocycles. The summed E-state index contributed by atoms with van der Waals surface area (Å²) in [6.07, 6.45) is 16.4. The third kappa shape index (κ3) is 26.3. The van der Waals surface area contributed by atoms with Gasteiger partial charge in [0.2, 0.25) is 0 Å². The highest BCUT2D eigenvalue weighted by Gasteiger charge is 2.19. The van der Waals surface area contributed by atoms with Crippen LogP contribution in [0, 0.1) is 0 Å². The maximum Gasteiger partial charge on any atom is 0.0784 e. The Morgan fingerprint density at radius 3 is 0.613 bits per heavy atom. The zero-order valence-electron chi connectivity index (χ0n) is 23.4. The quantitative estimate of drug-likeness (QED) is 0.283. The molecule has 0 aliphatic carbocycles. The van der Waals surface area contributed by atoms with Crippen LogP contribution in [0.3, 0.4) is 0 Å². The standard InChI is InChI=1S/2C13H30N.CH3O.ClH/c2*1-5-8-11-14(4,12-9-6-2)13-10-7-3;1-2;/h2*5-13H2,1-4H3;1H3;1H/q2*+1;-1;/p-1. The molecule has 0 bridgehead atoms. The first kappa shape index (κ1) is 38.4. The Morgan fingerprint density at radius 1 is 0.387 bits per heavy atom. The lowest BCUT2D eigenvalue weighted by atomic mass is 10.2. The van der Waals surface area contributed by atoms with Crippen LogP contribution in [0.4, 0.5) is 0 Å². The smallest absolute Gasteiger partial charge is 0.0784 e. The van der Waals surface area contributed by atoms with E-state index in [0.29, 0.717) is 0 Å². The van der Waals surface area contributed by atoms with E-state index in [1.807, 2.05) is 0 Å². The van der Waals surface area contributed by atoms with E-state index >= 15 is 0 Å². The van der Waals surface area contributed by atoms with Crippen LogP contribution in [-0.2, 0) is 0 Å². The fourth-order valence-electron chi connectivity index (χ4n) is 3.91. The Hall–Kier alpha value is 0.170. The molecule has 194 valence electrons. The minimum Gasteiger partial charge on any atom is -1.00 e. The zero-order valence-corrected chi connectivity index (χ0v) is 24.2. The van der Waals surface area contributed by atoms with Crippen LogP contribution in [0.5, 0.6) is 0 Å². The highest BCUT2D eigenvalue weighted by Crippen LogP contribution is 2.11. The molecule has 0 aromatic heterocycles. The second-order valence-electron chi connectivity index (χ2n) is 9.70. The molecule has 0 unspecified atom stereocenters. The topological polar surface area (TPSA) is 23.1 Å². The summed E-state index contributed by atoms with van der Waals surface area (Å²) in [4.78, 5) is 0. The maximum absolute atomic E-state index is 8.25. The highest BCUT2D eigenvalue weighted by molar-refractivity contribution is 4.45. The van der Waals surface area contributed by atoms with E-state index in [1.54, 1.807) is 0 Å². The molecular weight excluding hydrogens is 404 g/mol. The number of nitrogens with zero attached hydrogens (tertiary/aromatic N) is 2. The summed E-state index contributed by atoms with van der Waals surface area (Å²) in [5, 5.41) is 8.25. The molecule has 0 rings (SSSR count). The van der Waals surface area contributed by atoms with Gasteiger partial charge in [0.1, 0.15) is 0 Å². The van der Waals surface area contributed by atoms with Crippen LogP contribution in [0.2, 0.25) is 0 Å². The minimum absolute atomic E-state index is 0. The average molecular weight is 467 g/mol. The van der Waals surface area contributed by atoms with E-state index in [4.69, 9.17) is 5.11 Å². The third-order valence-electron chi connectivity index (χ3n) is 6.31. The molecule has 0 fully saturated rings. The van der Waals surface area contributed by atoms with Gasteiger partial charge in [0.05, 0.1) is 53.4 Å². The number of unbranched alkanes of at least 4 members (excludes halogenated alkanes) is 6. The van der Waals surface area contributed by atoms with Crippen molar-refractivity contribution in [3.05, 3.63) is 0 Å². The Labute approximate surface area is 205 Å².